The van der Waals surface area contributed by atoms with E-state index in [1.807, 2.05) is 36.1 Å². The number of aromatic nitrogens is 3. The van der Waals surface area contributed by atoms with Gasteiger partial charge in [-0.15, -0.1) is 10.2 Å². The van der Waals surface area contributed by atoms with Crippen molar-refractivity contribution < 1.29 is 14.3 Å². The molecule has 150 valence electrons. The van der Waals surface area contributed by atoms with E-state index in [2.05, 4.69) is 21.7 Å². The van der Waals surface area contributed by atoms with E-state index in [1.54, 1.807) is 0 Å². The number of rotatable bonds is 8. The molecule has 0 saturated heterocycles. The van der Waals surface area contributed by atoms with Crippen molar-refractivity contribution in [2.24, 2.45) is 0 Å². The number of fused-ring (bicyclic) bond motifs is 1. The number of hydrogen-bond donors (Lipinski definition) is 0. The van der Waals surface area contributed by atoms with Gasteiger partial charge in [0.1, 0.15) is 12.4 Å². The van der Waals surface area contributed by atoms with Gasteiger partial charge in [0, 0.05) is 19.0 Å². The summed E-state index contributed by atoms with van der Waals surface area (Å²) in [5.41, 5.74) is 0. The summed E-state index contributed by atoms with van der Waals surface area (Å²) in [4.78, 5) is 14.6. The van der Waals surface area contributed by atoms with E-state index in [0.29, 0.717) is 31.4 Å². The van der Waals surface area contributed by atoms with Gasteiger partial charge >= 0.3 is 0 Å². The Balaban J connectivity index is 1.33. The molecule has 1 aliphatic carbocycles. The number of nitrogens with zero attached hydrogens (tertiary/aromatic N) is 4. The van der Waals surface area contributed by atoms with Crippen LogP contribution < -0.4 is 9.47 Å². The highest BCUT2D eigenvalue weighted by molar-refractivity contribution is 7.99. The number of thioether (sulfide) groups is 1. The van der Waals surface area contributed by atoms with Crippen LogP contribution in [0.15, 0.2) is 29.4 Å². The molecule has 0 radical (unpaired) electrons. The molecule has 2 aromatic rings. The molecular formula is C20H26N4O3S. The zero-order chi connectivity index (χ0) is 19.5. The van der Waals surface area contributed by atoms with Gasteiger partial charge in [0.15, 0.2) is 22.8 Å². The molecular weight excluding hydrogens is 376 g/mol. The first-order valence-electron chi connectivity index (χ1n) is 9.91. The smallest absolute Gasteiger partial charge is 0.233 e. The highest BCUT2D eigenvalue weighted by atomic mass is 32.2. The van der Waals surface area contributed by atoms with E-state index >= 15 is 0 Å². The Bertz CT molecular complexity index is 837. The van der Waals surface area contributed by atoms with Gasteiger partial charge in [-0.1, -0.05) is 23.9 Å². The summed E-state index contributed by atoms with van der Waals surface area (Å²) in [6, 6.07) is 7.63. The van der Waals surface area contributed by atoms with Crippen molar-refractivity contribution in [3.05, 3.63) is 30.1 Å². The third kappa shape index (κ3) is 4.11. The predicted octanol–water partition coefficient (Wildman–Crippen LogP) is 2.96. The maximum Gasteiger partial charge on any atom is 0.233 e. The summed E-state index contributed by atoms with van der Waals surface area (Å²) in [5, 5.41) is 9.48. The Morgan fingerprint density at radius 1 is 1.25 bits per heavy atom. The SMILES string of the molecule is CCN(C[C@@H]1COc2ccccc2O1)C(=O)CSc1nnc(C2CC2)n1CC. The second kappa shape index (κ2) is 8.43. The van der Waals surface area contributed by atoms with Crippen LogP contribution >= 0.6 is 11.8 Å². The highest BCUT2D eigenvalue weighted by Crippen LogP contribution is 2.40. The highest BCUT2D eigenvalue weighted by Gasteiger charge is 2.30. The number of ether oxygens (including phenoxy) is 2. The van der Waals surface area contributed by atoms with Gasteiger partial charge in [-0.05, 0) is 38.8 Å². The van der Waals surface area contributed by atoms with Crippen molar-refractivity contribution >= 4 is 17.7 Å². The first-order valence-corrected chi connectivity index (χ1v) is 10.9. The third-order valence-electron chi connectivity index (χ3n) is 5.05. The average Bonchev–Trinajstić information content (AvgIpc) is 3.49. The normalized spacial score (nSPS) is 18.1. The van der Waals surface area contributed by atoms with Gasteiger partial charge in [0.2, 0.25) is 5.91 Å². The van der Waals surface area contributed by atoms with E-state index in [4.69, 9.17) is 9.47 Å². The van der Waals surface area contributed by atoms with Gasteiger partial charge < -0.3 is 18.9 Å². The predicted molar refractivity (Wildman–Crippen MR) is 107 cm³/mol. The first-order chi connectivity index (χ1) is 13.7. The largest absolute Gasteiger partial charge is 0.486 e. The Morgan fingerprint density at radius 2 is 2.04 bits per heavy atom. The summed E-state index contributed by atoms with van der Waals surface area (Å²) in [7, 11) is 0. The van der Waals surface area contributed by atoms with Gasteiger partial charge in [-0.25, -0.2) is 0 Å². The zero-order valence-corrected chi connectivity index (χ0v) is 17.2. The van der Waals surface area contributed by atoms with Crippen LogP contribution in [0.25, 0.3) is 0 Å². The molecule has 7 nitrogen and oxygen atoms in total. The second-order valence-electron chi connectivity index (χ2n) is 7.08. The lowest BCUT2D eigenvalue weighted by Crippen LogP contribution is -2.44. The molecule has 0 bridgehead atoms. The van der Waals surface area contributed by atoms with Crippen molar-refractivity contribution in [2.45, 2.75) is 50.4 Å². The van der Waals surface area contributed by atoms with Crippen LogP contribution in [0.1, 0.15) is 38.4 Å². The van der Waals surface area contributed by atoms with Crippen molar-refractivity contribution in [3.8, 4) is 11.5 Å². The molecule has 4 rings (SSSR count). The number of carbonyl (C=O) groups excluding carboxylic acids is 1. The lowest BCUT2D eigenvalue weighted by Gasteiger charge is -2.30. The summed E-state index contributed by atoms with van der Waals surface area (Å²) >= 11 is 1.47. The van der Waals surface area contributed by atoms with E-state index in [9.17, 15) is 4.79 Å². The molecule has 0 spiro atoms. The Kier molecular flexibility index (Phi) is 5.75. The van der Waals surface area contributed by atoms with Gasteiger partial charge in [-0.3, -0.25) is 4.79 Å². The summed E-state index contributed by atoms with van der Waals surface area (Å²) in [5.74, 6) is 3.54. The van der Waals surface area contributed by atoms with Crippen LogP contribution in [-0.4, -0.2) is 57.1 Å². The van der Waals surface area contributed by atoms with Crippen LogP contribution in [0, 0.1) is 0 Å². The zero-order valence-electron chi connectivity index (χ0n) is 16.3. The molecule has 0 N–H and O–H groups in total. The molecule has 1 amide bonds. The van der Waals surface area contributed by atoms with Gasteiger partial charge in [0.25, 0.3) is 0 Å². The molecule has 2 aliphatic rings. The molecule has 28 heavy (non-hydrogen) atoms. The number of benzene rings is 1. The number of likely N-dealkylation sites (N-methyl/N-ethyl adjacent to an activating group) is 1. The Hall–Kier alpha value is -2.22. The Morgan fingerprint density at radius 3 is 2.75 bits per heavy atom. The topological polar surface area (TPSA) is 69.5 Å². The van der Waals surface area contributed by atoms with Crippen LogP contribution in [-0.2, 0) is 11.3 Å². The Labute approximate surface area is 169 Å². The molecule has 1 saturated carbocycles. The maximum absolute atomic E-state index is 12.8. The van der Waals surface area contributed by atoms with Crippen molar-refractivity contribution in [1.29, 1.82) is 0 Å². The first kappa shape index (κ1) is 19.1. The molecule has 1 aliphatic heterocycles. The molecule has 8 heteroatoms. The van der Waals surface area contributed by atoms with E-state index in [0.717, 1.165) is 29.0 Å². The minimum atomic E-state index is -0.162. The van der Waals surface area contributed by atoms with Gasteiger partial charge in [0.05, 0.1) is 12.3 Å². The molecule has 1 aromatic carbocycles. The molecule has 0 unspecified atom stereocenters. The number of hydrogen-bond acceptors (Lipinski definition) is 6. The fourth-order valence-corrected chi connectivity index (χ4v) is 4.28. The summed E-state index contributed by atoms with van der Waals surface area (Å²) in [6.45, 7) is 6.51. The van der Waals surface area contributed by atoms with Crippen LogP contribution in [0.3, 0.4) is 0 Å². The van der Waals surface area contributed by atoms with E-state index < -0.39 is 0 Å². The van der Waals surface area contributed by atoms with Crippen LogP contribution in [0.2, 0.25) is 0 Å². The van der Waals surface area contributed by atoms with E-state index in [1.165, 1.54) is 24.6 Å². The monoisotopic (exact) mass is 402 g/mol. The molecule has 1 fully saturated rings. The minimum Gasteiger partial charge on any atom is -0.486 e. The fraction of sp³-hybridized carbons (Fsp3) is 0.550. The van der Waals surface area contributed by atoms with Crippen LogP contribution in [0.4, 0.5) is 0 Å². The van der Waals surface area contributed by atoms with Crippen molar-refractivity contribution in [3.63, 3.8) is 0 Å². The number of carbonyl (C=O) groups is 1. The average molecular weight is 403 g/mol. The minimum absolute atomic E-state index is 0.0774. The quantitative estimate of drug-likeness (QED) is 0.633. The molecule has 1 aromatic heterocycles. The number of amides is 1. The molecule has 2 heterocycles. The lowest BCUT2D eigenvalue weighted by atomic mass is 10.2. The fourth-order valence-electron chi connectivity index (χ4n) is 3.37. The van der Waals surface area contributed by atoms with Crippen molar-refractivity contribution in [2.75, 3.05) is 25.4 Å². The maximum atomic E-state index is 12.8. The standard InChI is InChI=1S/C20H26N4O3S/c1-3-23(11-15-12-26-16-7-5-6-8-17(16)27-15)18(25)13-28-20-22-21-19(14-9-10-14)24(20)4-2/h5-8,14-15H,3-4,9-13H2,1-2H3/t15-/m1/s1. The van der Waals surface area contributed by atoms with Crippen LogP contribution in [0.5, 0.6) is 11.5 Å². The van der Waals surface area contributed by atoms with Crippen molar-refractivity contribution in [1.82, 2.24) is 19.7 Å². The summed E-state index contributed by atoms with van der Waals surface area (Å²) < 4.78 is 13.9. The summed E-state index contributed by atoms with van der Waals surface area (Å²) in [6.07, 6.45) is 2.22. The molecule has 1 atom stereocenters. The third-order valence-corrected chi connectivity index (χ3v) is 6.01. The number of para-hydroxylation sites is 2. The lowest BCUT2D eigenvalue weighted by molar-refractivity contribution is -0.129. The second-order valence-corrected chi connectivity index (χ2v) is 8.02. The van der Waals surface area contributed by atoms with E-state index in [-0.39, 0.29) is 12.0 Å². The van der Waals surface area contributed by atoms with Gasteiger partial charge in [-0.2, -0.15) is 0 Å².